The number of hydrogen-bond acceptors (Lipinski definition) is 4. The fourth-order valence-electron chi connectivity index (χ4n) is 3.68. The summed E-state index contributed by atoms with van der Waals surface area (Å²) in [5, 5.41) is 2.52. The highest BCUT2D eigenvalue weighted by molar-refractivity contribution is 5.81. The number of para-hydroxylation sites is 1. The van der Waals surface area contributed by atoms with Gasteiger partial charge in [0.05, 0.1) is 0 Å². The Morgan fingerprint density at radius 1 is 1.22 bits per heavy atom. The van der Waals surface area contributed by atoms with Crippen LogP contribution in [0.2, 0.25) is 0 Å². The molecule has 0 spiro atoms. The smallest absolute Gasteiger partial charge is 0.413 e. The van der Waals surface area contributed by atoms with E-state index in [9.17, 15) is 9.59 Å². The third-order valence-electron chi connectivity index (χ3n) is 5.28. The van der Waals surface area contributed by atoms with Crippen LogP contribution in [0.25, 0.3) is 0 Å². The van der Waals surface area contributed by atoms with Crippen LogP contribution in [-0.4, -0.2) is 24.2 Å². The molecule has 2 saturated carbocycles. The number of esters is 1. The summed E-state index contributed by atoms with van der Waals surface area (Å²) in [6.07, 6.45) is 3.74. The lowest BCUT2D eigenvalue weighted by molar-refractivity contribution is -0.156. The Morgan fingerprint density at radius 3 is 2.52 bits per heavy atom. The topological polar surface area (TPSA) is 64.6 Å². The van der Waals surface area contributed by atoms with E-state index in [-0.39, 0.29) is 6.10 Å². The van der Waals surface area contributed by atoms with E-state index >= 15 is 0 Å². The molecule has 2 aliphatic rings. The summed E-state index contributed by atoms with van der Waals surface area (Å²) in [7, 11) is 0. The van der Waals surface area contributed by atoms with Crippen molar-refractivity contribution < 1.29 is 19.1 Å². The van der Waals surface area contributed by atoms with E-state index in [2.05, 4.69) is 12.2 Å². The minimum Gasteiger partial charge on any atom is -0.461 e. The van der Waals surface area contributed by atoms with Crippen LogP contribution in [0.15, 0.2) is 30.3 Å². The molecule has 5 nitrogen and oxygen atoms in total. The van der Waals surface area contributed by atoms with Crippen LogP contribution in [0.1, 0.15) is 39.5 Å². The second-order valence-corrected chi connectivity index (χ2v) is 6.88. The van der Waals surface area contributed by atoms with Crippen molar-refractivity contribution >= 4 is 12.1 Å². The van der Waals surface area contributed by atoms with Crippen LogP contribution in [0, 0.1) is 11.3 Å². The van der Waals surface area contributed by atoms with Crippen LogP contribution in [0.5, 0.6) is 5.75 Å². The van der Waals surface area contributed by atoms with E-state index in [1.165, 1.54) is 6.42 Å². The Bertz CT molecular complexity index is 588. The van der Waals surface area contributed by atoms with Crippen LogP contribution in [0.3, 0.4) is 0 Å². The summed E-state index contributed by atoms with van der Waals surface area (Å²) in [6.45, 7) is 3.89. The van der Waals surface area contributed by atoms with Crippen molar-refractivity contribution in [3.05, 3.63) is 30.3 Å². The molecule has 23 heavy (non-hydrogen) atoms. The van der Waals surface area contributed by atoms with Gasteiger partial charge in [-0.15, -0.1) is 0 Å². The number of amides is 1. The molecule has 1 aromatic rings. The fourth-order valence-corrected chi connectivity index (χ4v) is 3.68. The van der Waals surface area contributed by atoms with Crippen LogP contribution in [-0.2, 0) is 9.53 Å². The monoisotopic (exact) mass is 317 g/mol. The highest BCUT2D eigenvalue weighted by atomic mass is 16.6. The molecule has 3 rings (SSSR count). The molecule has 2 aliphatic carbocycles. The lowest BCUT2D eigenvalue weighted by atomic mass is 9.63. The molecule has 124 valence electrons. The number of nitrogens with one attached hydrogen (secondary N) is 1. The van der Waals surface area contributed by atoms with Gasteiger partial charge in [-0.1, -0.05) is 25.1 Å². The molecule has 0 aliphatic heterocycles. The number of hydrogen-bond donors (Lipinski definition) is 1. The summed E-state index contributed by atoms with van der Waals surface area (Å²) >= 11 is 0. The SMILES string of the molecule is C[C@H](NC(=O)Oc1ccccc1)C(=O)O[C@H]1CC[C@]2(C)CC[C@H]12. The summed E-state index contributed by atoms with van der Waals surface area (Å²) in [5.74, 6) is 0.526. The summed E-state index contributed by atoms with van der Waals surface area (Å²) in [5.41, 5.74) is 0.355. The average Bonchev–Trinajstić information content (AvgIpc) is 2.71. The first kappa shape index (κ1) is 15.8. The average molecular weight is 317 g/mol. The Morgan fingerprint density at radius 2 is 1.91 bits per heavy atom. The number of ether oxygens (including phenoxy) is 2. The van der Waals surface area contributed by atoms with Gasteiger partial charge < -0.3 is 14.8 Å². The van der Waals surface area contributed by atoms with E-state index in [4.69, 9.17) is 9.47 Å². The predicted octanol–water partition coefficient (Wildman–Crippen LogP) is 3.29. The molecule has 1 N–H and O–H groups in total. The Kier molecular flexibility index (Phi) is 4.28. The molecule has 0 saturated heterocycles. The second-order valence-electron chi connectivity index (χ2n) is 6.88. The maximum absolute atomic E-state index is 12.2. The van der Waals surface area contributed by atoms with Gasteiger partial charge in [0.15, 0.2) is 0 Å². The standard InChI is InChI=1S/C18H23NO4/c1-12(19-17(21)22-13-6-4-3-5-7-13)16(20)23-15-9-11-18(2)10-8-14(15)18/h3-7,12,14-15H,8-11H2,1-2H3,(H,19,21)/t12-,14+,15-,18-/m0/s1. The van der Waals surface area contributed by atoms with E-state index in [0.29, 0.717) is 17.1 Å². The second kappa shape index (κ2) is 6.22. The van der Waals surface area contributed by atoms with Crippen LogP contribution < -0.4 is 10.1 Å². The summed E-state index contributed by atoms with van der Waals surface area (Å²) in [4.78, 5) is 24.0. The maximum Gasteiger partial charge on any atom is 0.413 e. The van der Waals surface area contributed by atoms with E-state index in [0.717, 1.165) is 19.3 Å². The van der Waals surface area contributed by atoms with E-state index in [1.54, 1.807) is 31.2 Å². The lowest BCUT2D eigenvalue weighted by Crippen LogP contribution is -2.44. The first-order valence-electron chi connectivity index (χ1n) is 8.22. The maximum atomic E-state index is 12.2. The largest absolute Gasteiger partial charge is 0.461 e. The zero-order valence-corrected chi connectivity index (χ0v) is 13.6. The van der Waals surface area contributed by atoms with Crippen molar-refractivity contribution in [2.24, 2.45) is 11.3 Å². The first-order valence-corrected chi connectivity index (χ1v) is 8.22. The third-order valence-corrected chi connectivity index (χ3v) is 5.28. The zero-order chi connectivity index (χ0) is 16.4. The van der Waals surface area contributed by atoms with Crippen molar-refractivity contribution in [3.63, 3.8) is 0 Å². The molecule has 2 fully saturated rings. The van der Waals surface area contributed by atoms with Gasteiger partial charge in [-0.05, 0) is 50.2 Å². The normalized spacial score (nSPS) is 29.8. The summed E-state index contributed by atoms with van der Waals surface area (Å²) < 4.78 is 10.7. The Balaban J connectivity index is 1.47. The first-order chi connectivity index (χ1) is 11.0. The molecule has 0 bridgehead atoms. The van der Waals surface area contributed by atoms with Crippen molar-refractivity contribution in [1.82, 2.24) is 5.32 Å². The molecule has 0 unspecified atom stereocenters. The van der Waals surface area contributed by atoms with Crippen molar-refractivity contribution in [2.75, 3.05) is 0 Å². The highest BCUT2D eigenvalue weighted by Crippen LogP contribution is 2.57. The van der Waals surface area contributed by atoms with Gasteiger partial charge in [-0.2, -0.15) is 0 Å². The molecular weight excluding hydrogens is 294 g/mol. The molecule has 5 heteroatoms. The predicted molar refractivity (Wildman–Crippen MR) is 85.0 cm³/mol. The number of benzene rings is 1. The highest BCUT2D eigenvalue weighted by Gasteiger charge is 2.53. The third kappa shape index (κ3) is 3.33. The minimum absolute atomic E-state index is 0.00403. The van der Waals surface area contributed by atoms with Gasteiger partial charge in [0.25, 0.3) is 0 Å². The van der Waals surface area contributed by atoms with Gasteiger partial charge >= 0.3 is 12.1 Å². The molecule has 1 amide bonds. The molecule has 1 aromatic carbocycles. The Labute approximate surface area is 136 Å². The zero-order valence-electron chi connectivity index (χ0n) is 13.6. The van der Waals surface area contributed by atoms with Gasteiger partial charge in [0.1, 0.15) is 17.9 Å². The van der Waals surface area contributed by atoms with Crippen molar-refractivity contribution in [3.8, 4) is 5.75 Å². The number of fused-ring (bicyclic) bond motifs is 1. The van der Waals surface area contributed by atoms with Gasteiger partial charge in [-0.3, -0.25) is 0 Å². The van der Waals surface area contributed by atoms with Gasteiger partial charge in [-0.25, -0.2) is 9.59 Å². The molecule has 0 heterocycles. The molecule has 0 radical (unpaired) electrons. The lowest BCUT2D eigenvalue weighted by Gasteiger charge is -2.43. The number of carbonyl (C=O) groups excluding carboxylic acids is 2. The Hall–Kier alpha value is -2.04. The molecular formula is C18H23NO4. The fraction of sp³-hybridized carbons (Fsp3) is 0.556. The molecule has 4 atom stereocenters. The number of rotatable bonds is 4. The van der Waals surface area contributed by atoms with Gasteiger partial charge in [0.2, 0.25) is 0 Å². The summed E-state index contributed by atoms with van der Waals surface area (Å²) in [6, 6.07) is 8.02. The minimum atomic E-state index is -0.724. The van der Waals surface area contributed by atoms with E-state index in [1.807, 2.05) is 6.07 Å². The number of carbonyl (C=O) groups is 2. The van der Waals surface area contributed by atoms with Crippen molar-refractivity contribution in [2.45, 2.75) is 51.7 Å². The van der Waals surface area contributed by atoms with Crippen molar-refractivity contribution in [1.29, 1.82) is 0 Å². The quantitative estimate of drug-likeness (QED) is 0.866. The van der Waals surface area contributed by atoms with E-state index < -0.39 is 18.1 Å². The molecule has 0 aromatic heterocycles. The van der Waals surface area contributed by atoms with Crippen LogP contribution >= 0.6 is 0 Å². The van der Waals surface area contributed by atoms with Gasteiger partial charge in [0, 0.05) is 5.92 Å². The van der Waals surface area contributed by atoms with Crippen LogP contribution in [0.4, 0.5) is 4.79 Å².